The molecule has 1 saturated carbocycles. The molecule has 0 aromatic heterocycles. The van der Waals surface area contributed by atoms with Crippen LogP contribution in [0.1, 0.15) is 26.7 Å². The molecule has 0 spiro atoms. The average Bonchev–Trinajstić information content (AvgIpc) is 3.20. The molecule has 1 aromatic carbocycles. The summed E-state index contributed by atoms with van der Waals surface area (Å²) in [5.41, 5.74) is 1.33. The first kappa shape index (κ1) is 12.4. The van der Waals surface area contributed by atoms with Crippen LogP contribution in [-0.2, 0) is 0 Å². The molecule has 1 N–H and O–H groups in total. The lowest BCUT2D eigenvalue weighted by Crippen LogP contribution is -2.36. The van der Waals surface area contributed by atoms with E-state index < -0.39 is 0 Å². The molecule has 1 fully saturated rings. The average molecular weight is 232 g/mol. The molecular formula is C15H24N2. The highest BCUT2D eigenvalue weighted by atomic mass is 15.1. The van der Waals surface area contributed by atoms with E-state index in [1.165, 1.54) is 18.5 Å². The summed E-state index contributed by atoms with van der Waals surface area (Å²) >= 11 is 0. The number of likely N-dealkylation sites (N-methyl/N-ethyl adjacent to an activating group) is 1. The van der Waals surface area contributed by atoms with Gasteiger partial charge in [0.05, 0.1) is 0 Å². The van der Waals surface area contributed by atoms with Gasteiger partial charge in [-0.25, -0.2) is 0 Å². The molecule has 17 heavy (non-hydrogen) atoms. The maximum Gasteiger partial charge on any atom is 0.0366 e. The number of hydrogen-bond acceptors (Lipinski definition) is 2. The van der Waals surface area contributed by atoms with Crippen molar-refractivity contribution in [3.8, 4) is 0 Å². The molecule has 1 unspecified atom stereocenters. The lowest BCUT2D eigenvalue weighted by atomic mass is 10.2. The maximum atomic E-state index is 3.64. The van der Waals surface area contributed by atoms with Crippen molar-refractivity contribution in [1.82, 2.24) is 5.32 Å². The van der Waals surface area contributed by atoms with Gasteiger partial charge in [-0.05, 0) is 44.7 Å². The van der Waals surface area contributed by atoms with E-state index in [1.807, 2.05) is 0 Å². The largest absolute Gasteiger partial charge is 0.371 e. The Balaban J connectivity index is 1.75. The molecule has 1 atom stereocenters. The number of benzene rings is 1. The third-order valence-electron chi connectivity index (χ3n) is 3.68. The Labute approximate surface area is 105 Å². The molecule has 0 saturated heterocycles. The molecule has 0 heterocycles. The second-order valence-corrected chi connectivity index (χ2v) is 5.00. The highest BCUT2D eigenvalue weighted by molar-refractivity contribution is 5.45. The summed E-state index contributed by atoms with van der Waals surface area (Å²) in [6.45, 7) is 7.79. The van der Waals surface area contributed by atoms with Gasteiger partial charge in [0.1, 0.15) is 0 Å². The number of para-hydroxylation sites is 1. The standard InChI is InChI=1S/C15H24N2/c1-3-17(15-7-5-4-6-8-15)12-11-16-13(2)14-9-10-14/h4-8,13-14,16H,3,9-12H2,1-2H3. The zero-order valence-electron chi connectivity index (χ0n) is 11.0. The second kappa shape index (κ2) is 6.06. The van der Waals surface area contributed by atoms with Gasteiger partial charge in [0.2, 0.25) is 0 Å². The highest BCUT2D eigenvalue weighted by Crippen LogP contribution is 2.32. The molecule has 0 aliphatic heterocycles. The third kappa shape index (κ3) is 3.74. The fourth-order valence-electron chi connectivity index (χ4n) is 2.30. The van der Waals surface area contributed by atoms with Crippen molar-refractivity contribution < 1.29 is 0 Å². The Morgan fingerprint density at radius 1 is 1.29 bits per heavy atom. The topological polar surface area (TPSA) is 15.3 Å². The first-order chi connectivity index (χ1) is 8.31. The van der Waals surface area contributed by atoms with Crippen molar-refractivity contribution in [3.63, 3.8) is 0 Å². The minimum atomic E-state index is 0.699. The van der Waals surface area contributed by atoms with E-state index in [2.05, 4.69) is 54.4 Å². The van der Waals surface area contributed by atoms with E-state index in [0.29, 0.717) is 6.04 Å². The minimum absolute atomic E-state index is 0.699. The molecule has 2 rings (SSSR count). The van der Waals surface area contributed by atoms with Crippen LogP contribution in [0.2, 0.25) is 0 Å². The van der Waals surface area contributed by atoms with E-state index in [-0.39, 0.29) is 0 Å². The van der Waals surface area contributed by atoms with Crippen LogP contribution in [0.15, 0.2) is 30.3 Å². The van der Waals surface area contributed by atoms with Crippen LogP contribution in [0, 0.1) is 5.92 Å². The number of nitrogens with one attached hydrogen (secondary N) is 1. The Kier molecular flexibility index (Phi) is 4.43. The van der Waals surface area contributed by atoms with Crippen molar-refractivity contribution in [3.05, 3.63) is 30.3 Å². The maximum absolute atomic E-state index is 3.64. The van der Waals surface area contributed by atoms with Crippen LogP contribution in [0.25, 0.3) is 0 Å². The monoisotopic (exact) mass is 232 g/mol. The van der Waals surface area contributed by atoms with E-state index in [1.54, 1.807) is 0 Å². The van der Waals surface area contributed by atoms with E-state index in [4.69, 9.17) is 0 Å². The van der Waals surface area contributed by atoms with Gasteiger partial charge in [-0.3, -0.25) is 0 Å². The molecule has 94 valence electrons. The summed E-state index contributed by atoms with van der Waals surface area (Å²) in [6, 6.07) is 11.4. The zero-order valence-corrected chi connectivity index (χ0v) is 11.0. The molecule has 1 aliphatic carbocycles. The summed E-state index contributed by atoms with van der Waals surface area (Å²) in [7, 11) is 0. The van der Waals surface area contributed by atoms with Crippen LogP contribution in [-0.4, -0.2) is 25.7 Å². The van der Waals surface area contributed by atoms with Gasteiger partial charge < -0.3 is 10.2 Å². The summed E-state index contributed by atoms with van der Waals surface area (Å²) in [5, 5.41) is 3.64. The summed E-state index contributed by atoms with van der Waals surface area (Å²) in [6.07, 6.45) is 2.84. The molecule has 1 aliphatic rings. The smallest absolute Gasteiger partial charge is 0.0366 e. The van der Waals surface area contributed by atoms with Gasteiger partial charge in [-0.1, -0.05) is 18.2 Å². The fourth-order valence-corrected chi connectivity index (χ4v) is 2.30. The minimum Gasteiger partial charge on any atom is -0.371 e. The Bertz CT molecular complexity index is 319. The van der Waals surface area contributed by atoms with Gasteiger partial charge >= 0.3 is 0 Å². The predicted molar refractivity (Wildman–Crippen MR) is 74.5 cm³/mol. The van der Waals surface area contributed by atoms with Gasteiger partial charge in [-0.15, -0.1) is 0 Å². The van der Waals surface area contributed by atoms with Gasteiger partial charge in [-0.2, -0.15) is 0 Å². The fraction of sp³-hybridized carbons (Fsp3) is 0.600. The first-order valence-electron chi connectivity index (χ1n) is 6.84. The Morgan fingerprint density at radius 2 is 2.00 bits per heavy atom. The molecule has 0 amide bonds. The molecule has 0 bridgehead atoms. The number of hydrogen-bond donors (Lipinski definition) is 1. The molecule has 2 nitrogen and oxygen atoms in total. The molecule has 2 heteroatoms. The Hall–Kier alpha value is -1.02. The molecule has 1 aromatic rings. The van der Waals surface area contributed by atoms with Crippen molar-refractivity contribution in [1.29, 1.82) is 0 Å². The lowest BCUT2D eigenvalue weighted by molar-refractivity contribution is 0.498. The van der Waals surface area contributed by atoms with Crippen molar-refractivity contribution in [2.45, 2.75) is 32.7 Å². The van der Waals surface area contributed by atoms with Crippen molar-refractivity contribution >= 4 is 5.69 Å². The molecular weight excluding hydrogens is 208 g/mol. The van der Waals surface area contributed by atoms with E-state index in [0.717, 1.165) is 25.6 Å². The van der Waals surface area contributed by atoms with Crippen LogP contribution < -0.4 is 10.2 Å². The van der Waals surface area contributed by atoms with Crippen LogP contribution in [0.5, 0.6) is 0 Å². The predicted octanol–water partition coefficient (Wildman–Crippen LogP) is 2.90. The molecule has 0 radical (unpaired) electrons. The number of anilines is 1. The third-order valence-corrected chi connectivity index (χ3v) is 3.68. The van der Waals surface area contributed by atoms with Crippen LogP contribution >= 0.6 is 0 Å². The van der Waals surface area contributed by atoms with Gasteiger partial charge in [0.25, 0.3) is 0 Å². The number of rotatable bonds is 7. The lowest BCUT2D eigenvalue weighted by Gasteiger charge is -2.24. The van der Waals surface area contributed by atoms with Crippen LogP contribution in [0.3, 0.4) is 0 Å². The Morgan fingerprint density at radius 3 is 2.59 bits per heavy atom. The summed E-state index contributed by atoms with van der Waals surface area (Å²) in [4.78, 5) is 2.42. The summed E-state index contributed by atoms with van der Waals surface area (Å²) < 4.78 is 0. The SMILES string of the molecule is CCN(CCNC(C)C1CC1)c1ccccc1. The van der Waals surface area contributed by atoms with Crippen molar-refractivity contribution in [2.24, 2.45) is 5.92 Å². The van der Waals surface area contributed by atoms with E-state index in [9.17, 15) is 0 Å². The van der Waals surface area contributed by atoms with Crippen LogP contribution in [0.4, 0.5) is 5.69 Å². The van der Waals surface area contributed by atoms with Crippen molar-refractivity contribution in [2.75, 3.05) is 24.5 Å². The quantitative estimate of drug-likeness (QED) is 0.777. The van der Waals surface area contributed by atoms with Gasteiger partial charge in [0.15, 0.2) is 0 Å². The first-order valence-corrected chi connectivity index (χ1v) is 6.84. The van der Waals surface area contributed by atoms with Gasteiger partial charge in [0, 0.05) is 31.4 Å². The number of nitrogens with zero attached hydrogens (tertiary/aromatic N) is 1. The second-order valence-electron chi connectivity index (χ2n) is 5.00. The summed E-state index contributed by atoms with van der Waals surface area (Å²) in [5.74, 6) is 0.946. The highest BCUT2D eigenvalue weighted by Gasteiger charge is 2.27. The zero-order chi connectivity index (χ0) is 12.1. The van der Waals surface area contributed by atoms with E-state index >= 15 is 0 Å². The normalized spacial score (nSPS) is 16.8.